The smallest absolute Gasteiger partial charge is 0.227 e. The van der Waals surface area contributed by atoms with Crippen LogP contribution in [0.4, 0.5) is 5.69 Å². The molecule has 4 rings (SSSR count). The second kappa shape index (κ2) is 9.89. The summed E-state index contributed by atoms with van der Waals surface area (Å²) in [5, 5.41) is 5.44. The number of carbonyl (C=O) groups excluding carboxylic acids is 1. The van der Waals surface area contributed by atoms with Crippen LogP contribution in [0, 0.1) is 5.92 Å². The van der Waals surface area contributed by atoms with Gasteiger partial charge in [-0.1, -0.05) is 97.1 Å². The van der Waals surface area contributed by atoms with Crippen LogP contribution in [0.15, 0.2) is 103 Å². The minimum absolute atomic E-state index is 0.0376. The summed E-state index contributed by atoms with van der Waals surface area (Å²) in [5.41, 5.74) is 3.45. The van der Waals surface area contributed by atoms with E-state index in [0.29, 0.717) is 0 Å². The molecule has 4 aromatic carbocycles. The SMILES string of the molecule is O=C(Nc1cccc2ccccc12)C(CCc1ccccc1)CCc1ccccc1. The van der Waals surface area contributed by atoms with E-state index in [1.54, 1.807) is 0 Å². The van der Waals surface area contributed by atoms with Crippen molar-refractivity contribution >= 4 is 22.4 Å². The lowest BCUT2D eigenvalue weighted by atomic mass is 9.92. The predicted octanol–water partition coefficient (Wildman–Crippen LogP) is 6.66. The summed E-state index contributed by atoms with van der Waals surface area (Å²) < 4.78 is 0. The number of fused-ring (bicyclic) bond motifs is 1. The van der Waals surface area contributed by atoms with E-state index in [0.717, 1.165) is 42.1 Å². The van der Waals surface area contributed by atoms with Gasteiger partial charge in [0.2, 0.25) is 5.91 Å². The largest absolute Gasteiger partial charge is 0.325 e. The number of benzene rings is 4. The lowest BCUT2D eigenvalue weighted by Gasteiger charge is -2.18. The number of rotatable bonds is 8. The standard InChI is InChI=1S/C28H27NO/c30-28(29-27-17-9-15-24-14-7-8-16-26(24)27)25(20-18-22-10-3-1-4-11-22)21-19-23-12-5-2-6-13-23/h1-17,25H,18-21H2,(H,29,30). The van der Waals surface area contributed by atoms with E-state index in [-0.39, 0.29) is 11.8 Å². The minimum Gasteiger partial charge on any atom is -0.325 e. The monoisotopic (exact) mass is 393 g/mol. The average Bonchev–Trinajstić information content (AvgIpc) is 2.80. The molecule has 0 saturated carbocycles. The van der Waals surface area contributed by atoms with Crippen LogP contribution < -0.4 is 5.32 Å². The normalized spacial score (nSPS) is 11.0. The molecule has 0 aliphatic heterocycles. The molecule has 0 aliphatic carbocycles. The maximum absolute atomic E-state index is 13.3. The Morgan fingerprint density at radius 1 is 0.633 bits per heavy atom. The maximum atomic E-state index is 13.3. The molecule has 0 fully saturated rings. The highest BCUT2D eigenvalue weighted by atomic mass is 16.1. The van der Waals surface area contributed by atoms with Crippen molar-refractivity contribution in [1.82, 2.24) is 0 Å². The number of aryl methyl sites for hydroxylation is 2. The van der Waals surface area contributed by atoms with Gasteiger partial charge in [0, 0.05) is 17.0 Å². The Kier molecular flexibility index (Phi) is 6.56. The van der Waals surface area contributed by atoms with Crippen molar-refractivity contribution in [2.75, 3.05) is 5.32 Å². The van der Waals surface area contributed by atoms with Gasteiger partial charge in [-0.15, -0.1) is 0 Å². The van der Waals surface area contributed by atoms with Crippen LogP contribution in [0.1, 0.15) is 24.0 Å². The summed E-state index contributed by atoms with van der Waals surface area (Å²) in [5.74, 6) is 0.0718. The first-order chi connectivity index (χ1) is 14.8. The molecular formula is C28H27NO. The first kappa shape index (κ1) is 19.9. The second-order valence-corrected chi connectivity index (χ2v) is 7.76. The van der Waals surface area contributed by atoms with Crippen molar-refractivity contribution in [1.29, 1.82) is 0 Å². The van der Waals surface area contributed by atoms with Gasteiger partial charge in [-0.2, -0.15) is 0 Å². The first-order valence-electron chi connectivity index (χ1n) is 10.7. The summed E-state index contributed by atoms with van der Waals surface area (Å²) in [6.07, 6.45) is 3.49. The fraction of sp³-hybridized carbons (Fsp3) is 0.179. The summed E-state index contributed by atoms with van der Waals surface area (Å²) in [4.78, 5) is 13.3. The van der Waals surface area contributed by atoms with Crippen molar-refractivity contribution in [2.24, 2.45) is 5.92 Å². The molecule has 0 bridgehead atoms. The highest BCUT2D eigenvalue weighted by Crippen LogP contribution is 2.25. The molecular weight excluding hydrogens is 366 g/mol. The van der Waals surface area contributed by atoms with Crippen molar-refractivity contribution in [3.8, 4) is 0 Å². The van der Waals surface area contributed by atoms with Crippen LogP contribution in [0.3, 0.4) is 0 Å². The Morgan fingerprint density at radius 2 is 1.17 bits per heavy atom. The molecule has 1 N–H and O–H groups in total. The fourth-order valence-corrected chi connectivity index (χ4v) is 3.95. The molecule has 0 aliphatic rings. The van der Waals surface area contributed by atoms with E-state index in [9.17, 15) is 4.79 Å². The molecule has 2 heteroatoms. The van der Waals surface area contributed by atoms with Gasteiger partial charge >= 0.3 is 0 Å². The van der Waals surface area contributed by atoms with Crippen LogP contribution in [-0.2, 0) is 17.6 Å². The summed E-state index contributed by atoms with van der Waals surface area (Å²) in [7, 11) is 0. The zero-order valence-electron chi connectivity index (χ0n) is 17.1. The maximum Gasteiger partial charge on any atom is 0.227 e. The zero-order valence-corrected chi connectivity index (χ0v) is 17.1. The Balaban J connectivity index is 1.50. The minimum atomic E-state index is -0.0376. The Labute approximate surface area is 178 Å². The van der Waals surface area contributed by atoms with E-state index in [4.69, 9.17) is 0 Å². The zero-order chi connectivity index (χ0) is 20.6. The fourth-order valence-electron chi connectivity index (χ4n) is 3.95. The van der Waals surface area contributed by atoms with Gasteiger partial charge in [-0.05, 0) is 48.3 Å². The van der Waals surface area contributed by atoms with Gasteiger partial charge < -0.3 is 5.32 Å². The van der Waals surface area contributed by atoms with Crippen LogP contribution in [0.5, 0.6) is 0 Å². The molecule has 0 atom stereocenters. The van der Waals surface area contributed by atoms with Gasteiger partial charge in [0.15, 0.2) is 0 Å². The lowest BCUT2D eigenvalue weighted by molar-refractivity contribution is -0.120. The molecule has 0 aromatic heterocycles. The molecule has 30 heavy (non-hydrogen) atoms. The second-order valence-electron chi connectivity index (χ2n) is 7.76. The van der Waals surface area contributed by atoms with E-state index in [1.807, 2.05) is 36.4 Å². The van der Waals surface area contributed by atoms with Crippen molar-refractivity contribution in [2.45, 2.75) is 25.7 Å². The molecule has 0 saturated heterocycles. The Morgan fingerprint density at radius 3 is 1.80 bits per heavy atom. The number of carbonyl (C=O) groups is 1. The molecule has 2 nitrogen and oxygen atoms in total. The number of hydrogen-bond acceptors (Lipinski definition) is 1. The van der Waals surface area contributed by atoms with Gasteiger partial charge in [0.25, 0.3) is 0 Å². The topological polar surface area (TPSA) is 29.1 Å². The summed E-state index contributed by atoms with van der Waals surface area (Å²) in [6.45, 7) is 0. The van der Waals surface area contributed by atoms with Gasteiger partial charge in [-0.3, -0.25) is 4.79 Å². The van der Waals surface area contributed by atoms with Crippen LogP contribution in [0.2, 0.25) is 0 Å². The van der Waals surface area contributed by atoms with Crippen LogP contribution in [-0.4, -0.2) is 5.91 Å². The third-order valence-electron chi connectivity index (χ3n) is 5.67. The Bertz CT molecular complexity index is 1040. The molecule has 1 amide bonds. The van der Waals surface area contributed by atoms with Gasteiger partial charge in [0.05, 0.1) is 0 Å². The number of nitrogens with one attached hydrogen (secondary N) is 1. The summed E-state index contributed by atoms with van der Waals surface area (Å²) in [6, 6.07) is 35.1. The van der Waals surface area contributed by atoms with Crippen molar-refractivity contribution in [3.05, 3.63) is 114 Å². The lowest BCUT2D eigenvalue weighted by Crippen LogP contribution is -2.24. The highest BCUT2D eigenvalue weighted by molar-refractivity contribution is 6.02. The summed E-state index contributed by atoms with van der Waals surface area (Å²) >= 11 is 0. The quantitative estimate of drug-likeness (QED) is 0.356. The van der Waals surface area contributed by atoms with E-state index in [2.05, 4.69) is 72.0 Å². The third kappa shape index (κ3) is 5.15. The average molecular weight is 394 g/mol. The molecule has 4 aromatic rings. The number of anilines is 1. The first-order valence-corrected chi connectivity index (χ1v) is 10.7. The molecule has 0 unspecified atom stereocenters. The Hall–Kier alpha value is -3.39. The molecule has 0 spiro atoms. The van der Waals surface area contributed by atoms with E-state index >= 15 is 0 Å². The van der Waals surface area contributed by atoms with Crippen LogP contribution >= 0.6 is 0 Å². The van der Waals surface area contributed by atoms with E-state index in [1.165, 1.54) is 11.1 Å². The third-order valence-corrected chi connectivity index (χ3v) is 5.67. The van der Waals surface area contributed by atoms with Crippen molar-refractivity contribution in [3.63, 3.8) is 0 Å². The predicted molar refractivity (Wildman–Crippen MR) is 126 cm³/mol. The van der Waals surface area contributed by atoms with E-state index < -0.39 is 0 Å². The molecule has 150 valence electrons. The van der Waals surface area contributed by atoms with Gasteiger partial charge in [-0.25, -0.2) is 0 Å². The van der Waals surface area contributed by atoms with Crippen LogP contribution in [0.25, 0.3) is 10.8 Å². The van der Waals surface area contributed by atoms with Gasteiger partial charge in [0.1, 0.15) is 0 Å². The number of hydrogen-bond donors (Lipinski definition) is 1. The molecule has 0 heterocycles. The number of amides is 1. The van der Waals surface area contributed by atoms with Crippen molar-refractivity contribution < 1.29 is 4.79 Å². The molecule has 0 radical (unpaired) electrons. The highest BCUT2D eigenvalue weighted by Gasteiger charge is 2.19.